The number of rotatable bonds is 9. The third-order valence-corrected chi connectivity index (χ3v) is 6.27. The Balaban J connectivity index is 1.70. The number of hydrogen-bond donors (Lipinski definition) is 4. The molecule has 0 aliphatic heterocycles. The Kier molecular flexibility index (Phi) is 6.83. The van der Waals surface area contributed by atoms with Crippen LogP contribution in [0.15, 0.2) is 18.2 Å². The summed E-state index contributed by atoms with van der Waals surface area (Å²) in [5.41, 5.74) is 0.578. The first-order valence-corrected chi connectivity index (χ1v) is 11.6. The number of aromatic nitrogens is 3. The van der Waals surface area contributed by atoms with Gasteiger partial charge in [0.1, 0.15) is 11.6 Å². The highest BCUT2D eigenvalue weighted by atomic mass is 19.1. The molecule has 190 valence electrons. The summed E-state index contributed by atoms with van der Waals surface area (Å²) >= 11 is 0. The van der Waals surface area contributed by atoms with Crippen LogP contribution in [0.2, 0.25) is 0 Å². The first-order valence-electron chi connectivity index (χ1n) is 11.6. The quantitative estimate of drug-likeness (QED) is 0.346. The Morgan fingerprint density at radius 2 is 2.00 bits per heavy atom. The van der Waals surface area contributed by atoms with E-state index in [2.05, 4.69) is 26.0 Å². The molecule has 0 radical (unpaired) electrons. The van der Waals surface area contributed by atoms with Gasteiger partial charge >= 0.3 is 6.09 Å². The van der Waals surface area contributed by atoms with E-state index < -0.39 is 23.8 Å². The third kappa shape index (κ3) is 4.95. The number of fused-ring (bicyclic) bond motifs is 1. The number of anilines is 4. The molecular weight excluding hydrogens is 470 g/mol. The van der Waals surface area contributed by atoms with Crippen LogP contribution < -0.4 is 20.9 Å². The van der Waals surface area contributed by atoms with Crippen molar-refractivity contribution in [3.8, 4) is 6.07 Å². The van der Waals surface area contributed by atoms with Crippen molar-refractivity contribution in [1.29, 1.82) is 5.26 Å². The van der Waals surface area contributed by atoms with Crippen LogP contribution in [0.1, 0.15) is 31.7 Å². The number of benzene rings is 1. The molecule has 2 heterocycles. The van der Waals surface area contributed by atoms with Gasteiger partial charge in [-0.3, -0.25) is 4.68 Å². The van der Waals surface area contributed by atoms with E-state index in [9.17, 15) is 23.9 Å². The monoisotopic (exact) mass is 498 g/mol. The first kappa shape index (κ1) is 25.0. The molecule has 0 spiro atoms. The molecule has 4 rings (SSSR count). The molecule has 2 aromatic heterocycles. The average molecular weight is 499 g/mol. The molecule has 12 heteroatoms. The molecule has 4 N–H and O–H groups in total. The number of pyridine rings is 1. The number of nitriles is 1. The summed E-state index contributed by atoms with van der Waals surface area (Å²) in [5.74, 6) is -0.594. The fourth-order valence-electron chi connectivity index (χ4n) is 4.42. The van der Waals surface area contributed by atoms with Crippen LogP contribution in [0.3, 0.4) is 0 Å². The third-order valence-electron chi connectivity index (χ3n) is 6.27. The first-order chi connectivity index (χ1) is 17.1. The largest absolute Gasteiger partial charge is 0.465 e. The summed E-state index contributed by atoms with van der Waals surface area (Å²) in [5, 5.41) is 32.2. The number of halogens is 2. The van der Waals surface area contributed by atoms with Gasteiger partial charge in [0.25, 0.3) is 0 Å². The number of hydrogen-bond acceptors (Lipinski definition) is 7. The van der Waals surface area contributed by atoms with E-state index in [1.54, 1.807) is 32.1 Å². The molecule has 1 saturated carbocycles. The summed E-state index contributed by atoms with van der Waals surface area (Å²) in [4.78, 5) is 17.3. The van der Waals surface area contributed by atoms with Gasteiger partial charge in [0, 0.05) is 32.2 Å². The number of aryl methyl sites for hydroxylation is 1. The maximum absolute atomic E-state index is 15.0. The van der Waals surface area contributed by atoms with Gasteiger partial charge in [-0.15, -0.1) is 0 Å². The normalized spacial score (nSPS) is 14.7. The van der Waals surface area contributed by atoms with Crippen LogP contribution in [0.4, 0.5) is 36.7 Å². The molecule has 3 aromatic rings. The molecular formula is C24H28F2N8O2. The maximum Gasteiger partial charge on any atom is 0.404 e. The molecule has 1 amide bonds. The molecule has 1 aliphatic rings. The number of carboxylic acid groups (broad SMARTS) is 1. The van der Waals surface area contributed by atoms with Gasteiger partial charge in [-0.2, -0.15) is 10.4 Å². The van der Waals surface area contributed by atoms with Gasteiger partial charge in [-0.05, 0) is 43.4 Å². The summed E-state index contributed by atoms with van der Waals surface area (Å²) < 4.78 is 31.4. The maximum atomic E-state index is 15.0. The van der Waals surface area contributed by atoms with Gasteiger partial charge in [0.2, 0.25) is 0 Å². The van der Waals surface area contributed by atoms with E-state index in [4.69, 9.17) is 0 Å². The number of carbonyl (C=O) groups is 1. The van der Waals surface area contributed by atoms with E-state index in [1.807, 2.05) is 13.0 Å². The van der Waals surface area contributed by atoms with Crippen molar-refractivity contribution in [3.05, 3.63) is 35.4 Å². The van der Waals surface area contributed by atoms with Crippen molar-refractivity contribution in [3.63, 3.8) is 0 Å². The van der Waals surface area contributed by atoms with Crippen molar-refractivity contribution < 1.29 is 18.7 Å². The Bertz CT molecular complexity index is 1350. The van der Waals surface area contributed by atoms with Crippen LogP contribution in [-0.2, 0) is 7.05 Å². The number of amides is 1. The van der Waals surface area contributed by atoms with Gasteiger partial charge in [-0.25, -0.2) is 18.6 Å². The number of nitrogens with one attached hydrogen (secondary N) is 3. The average Bonchev–Trinajstić information content (AvgIpc) is 3.60. The van der Waals surface area contributed by atoms with E-state index in [0.717, 1.165) is 18.9 Å². The fraction of sp³-hybridized carbons (Fsp3) is 0.417. The van der Waals surface area contributed by atoms with Crippen LogP contribution in [0, 0.1) is 28.9 Å². The summed E-state index contributed by atoms with van der Waals surface area (Å²) in [6, 6.07) is 5.10. The van der Waals surface area contributed by atoms with Crippen molar-refractivity contribution in [2.75, 3.05) is 29.6 Å². The highest BCUT2D eigenvalue weighted by Gasteiger charge is 2.37. The summed E-state index contributed by atoms with van der Waals surface area (Å²) in [7, 11) is 5.25. The van der Waals surface area contributed by atoms with E-state index in [-0.39, 0.29) is 29.2 Å². The van der Waals surface area contributed by atoms with E-state index in [0.29, 0.717) is 28.8 Å². The minimum atomic E-state index is -1.16. The topological polar surface area (TPSA) is 131 Å². The molecule has 10 nitrogen and oxygen atoms in total. The second-order valence-electron chi connectivity index (χ2n) is 9.12. The van der Waals surface area contributed by atoms with Gasteiger partial charge in [0.05, 0.1) is 17.6 Å². The smallest absolute Gasteiger partial charge is 0.404 e. The lowest BCUT2D eigenvalue weighted by Gasteiger charge is -2.28. The Labute approximate surface area is 206 Å². The predicted molar refractivity (Wildman–Crippen MR) is 133 cm³/mol. The molecule has 2 atom stereocenters. The zero-order valence-electron chi connectivity index (χ0n) is 20.4. The van der Waals surface area contributed by atoms with Crippen molar-refractivity contribution in [1.82, 2.24) is 20.1 Å². The molecule has 0 unspecified atom stereocenters. The van der Waals surface area contributed by atoms with Gasteiger partial charge < -0.3 is 26.0 Å². The van der Waals surface area contributed by atoms with E-state index in [1.165, 1.54) is 10.7 Å². The molecule has 0 bridgehead atoms. The minimum Gasteiger partial charge on any atom is -0.465 e. The second kappa shape index (κ2) is 9.85. The van der Waals surface area contributed by atoms with Crippen molar-refractivity contribution >= 4 is 40.1 Å². The van der Waals surface area contributed by atoms with Gasteiger partial charge in [0.15, 0.2) is 29.1 Å². The van der Waals surface area contributed by atoms with Gasteiger partial charge in [-0.1, -0.05) is 6.92 Å². The lowest BCUT2D eigenvalue weighted by atomic mass is 10.0. The zero-order chi connectivity index (χ0) is 26.1. The lowest BCUT2D eigenvalue weighted by Crippen LogP contribution is -2.47. The standard InChI is InChI=1S/C24H28F2N8O2/c1-5-18(29-24(35)36)19(12-6-7-12)30-22-17(26)8-13(11-27)21(31-22)28-14-9-15-20(16(25)10-14)34(4)32-23(15)33(2)3/h8-10,12,18-19,29H,5-7H2,1-4H3,(H,35,36)(H2,28,30,31)/t18-,19-/m0/s1. The van der Waals surface area contributed by atoms with Crippen LogP contribution in [-0.4, -0.2) is 52.1 Å². The predicted octanol–water partition coefficient (Wildman–Crippen LogP) is 4.16. The van der Waals surface area contributed by atoms with Crippen molar-refractivity contribution in [2.24, 2.45) is 13.0 Å². The molecule has 1 fully saturated rings. The number of nitrogens with zero attached hydrogens (tertiary/aromatic N) is 5. The minimum absolute atomic E-state index is 0.0456. The highest BCUT2D eigenvalue weighted by Crippen LogP contribution is 2.37. The van der Waals surface area contributed by atoms with Crippen LogP contribution in [0.5, 0.6) is 0 Å². The van der Waals surface area contributed by atoms with Crippen LogP contribution in [0.25, 0.3) is 10.9 Å². The second-order valence-corrected chi connectivity index (χ2v) is 9.12. The molecule has 1 aromatic carbocycles. The highest BCUT2D eigenvalue weighted by molar-refractivity contribution is 5.94. The molecule has 36 heavy (non-hydrogen) atoms. The van der Waals surface area contributed by atoms with Crippen LogP contribution >= 0.6 is 0 Å². The Hall–Kier alpha value is -4.14. The Morgan fingerprint density at radius 3 is 2.58 bits per heavy atom. The zero-order valence-corrected chi connectivity index (χ0v) is 20.4. The SMILES string of the molecule is CC[C@H](NC(=O)O)[C@@H](Nc1nc(Nc2cc(F)c3c(c2)c(N(C)C)nn3C)c(C#N)cc1F)C1CC1. The van der Waals surface area contributed by atoms with E-state index >= 15 is 0 Å². The summed E-state index contributed by atoms with van der Waals surface area (Å²) in [6.45, 7) is 1.85. The Morgan fingerprint density at radius 1 is 1.28 bits per heavy atom. The van der Waals surface area contributed by atoms with Crippen molar-refractivity contribution in [2.45, 2.75) is 38.3 Å². The fourth-order valence-corrected chi connectivity index (χ4v) is 4.42. The summed E-state index contributed by atoms with van der Waals surface area (Å²) in [6.07, 6.45) is 1.12. The molecule has 0 saturated heterocycles. The molecule has 1 aliphatic carbocycles. The lowest BCUT2D eigenvalue weighted by molar-refractivity contribution is 0.187.